The SMILES string of the molecule is C[C@H]1CCCN(C(=O)CSc2nc3sc4c(c3c(=O)n2CCc2ccccc2)CCCC4)C1. The zero-order valence-electron chi connectivity index (χ0n) is 19.2. The van der Waals surface area contributed by atoms with Crippen molar-refractivity contribution in [1.29, 1.82) is 0 Å². The van der Waals surface area contributed by atoms with Crippen LogP contribution in [-0.4, -0.2) is 39.2 Å². The Hall–Kier alpha value is -2.12. The van der Waals surface area contributed by atoms with E-state index in [4.69, 9.17) is 4.98 Å². The molecule has 3 heterocycles. The van der Waals surface area contributed by atoms with E-state index in [9.17, 15) is 9.59 Å². The zero-order valence-corrected chi connectivity index (χ0v) is 20.8. The number of rotatable bonds is 6. The summed E-state index contributed by atoms with van der Waals surface area (Å²) >= 11 is 3.11. The van der Waals surface area contributed by atoms with Crippen LogP contribution in [-0.2, 0) is 30.6 Å². The van der Waals surface area contributed by atoms with Gasteiger partial charge in [-0.2, -0.15) is 0 Å². The number of aromatic nitrogens is 2. The Kier molecular flexibility index (Phi) is 6.88. The molecular weight excluding hydrogens is 450 g/mol. The molecule has 1 amide bonds. The van der Waals surface area contributed by atoms with Crippen LogP contribution in [0, 0.1) is 5.92 Å². The first-order chi connectivity index (χ1) is 16.1. The Labute approximate surface area is 203 Å². The van der Waals surface area contributed by atoms with E-state index in [0.717, 1.165) is 55.4 Å². The van der Waals surface area contributed by atoms with Gasteiger partial charge in [0, 0.05) is 24.5 Å². The summed E-state index contributed by atoms with van der Waals surface area (Å²) in [5.74, 6) is 1.05. The molecule has 0 bridgehead atoms. The molecule has 1 atom stereocenters. The maximum Gasteiger partial charge on any atom is 0.263 e. The lowest BCUT2D eigenvalue weighted by atomic mass is 9.97. The number of nitrogens with zero attached hydrogens (tertiary/aromatic N) is 3. The van der Waals surface area contributed by atoms with Crippen molar-refractivity contribution in [2.24, 2.45) is 5.92 Å². The van der Waals surface area contributed by atoms with Crippen molar-refractivity contribution in [3.63, 3.8) is 0 Å². The minimum atomic E-state index is 0.0666. The van der Waals surface area contributed by atoms with E-state index in [-0.39, 0.29) is 11.5 Å². The van der Waals surface area contributed by atoms with Gasteiger partial charge in [0.1, 0.15) is 4.83 Å². The molecule has 1 aromatic carbocycles. The molecule has 0 spiro atoms. The van der Waals surface area contributed by atoms with E-state index in [1.807, 2.05) is 27.7 Å². The second kappa shape index (κ2) is 10.0. The van der Waals surface area contributed by atoms with E-state index in [1.54, 1.807) is 11.3 Å². The predicted octanol–water partition coefficient (Wildman–Crippen LogP) is 4.93. The van der Waals surface area contributed by atoms with Crippen LogP contribution >= 0.6 is 23.1 Å². The molecule has 0 N–H and O–H groups in total. The van der Waals surface area contributed by atoms with E-state index < -0.39 is 0 Å². The van der Waals surface area contributed by atoms with Gasteiger partial charge in [0.05, 0.1) is 11.1 Å². The summed E-state index contributed by atoms with van der Waals surface area (Å²) in [6.07, 6.45) is 7.39. The molecule has 3 aromatic rings. The Bertz CT molecular complexity index is 1200. The maximum atomic E-state index is 13.7. The highest BCUT2D eigenvalue weighted by Crippen LogP contribution is 2.34. The van der Waals surface area contributed by atoms with Crippen LogP contribution < -0.4 is 5.56 Å². The van der Waals surface area contributed by atoms with Crippen LogP contribution in [0.15, 0.2) is 40.3 Å². The van der Waals surface area contributed by atoms with Crippen LogP contribution in [0.4, 0.5) is 0 Å². The largest absolute Gasteiger partial charge is 0.342 e. The van der Waals surface area contributed by atoms with Gasteiger partial charge in [0.25, 0.3) is 5.56 Å². The number of fused-ring (bicyclic) bond motifs is 3. The quantitative estimate of drug-likeness (QED) is 0.370. The van der Waals surface area contributed by atoms with E-state index in [1.165, 1.54) is 40.6 Å². The van der Waals surface area contributed by atoms with Gasteiger partial charge >= 0.3 is 0 Å². The average Bonchev–Trinajstić information content (AvgIpc) is 3.21. The van der Waals surface area contributed by atoms with E-state index >= 15 is 0 Å². The monoisotopic (exact) mass is 481 g/mol. The van der Waals surface area contributed by atoms with Gasteiger partial charge in [-0.15, -0.1) is 11.3 Å². The van der Waals surface area contributed by atoms with Crippen LogP contribution in [0.5, 0.6) is 0 Å². The topological polar surface area (TPSA) is 55.2 Å². The fourth-order valence-corrected chi connectivity index (χ4v) is 7.28. The molecule has 0 radical (unpaired) electrons. The number of thiophene rings is 1. The molecule has 174 valence electrons. The van der Waals surface area contributed by atoms with Gasteiger partial charge in [0.2, 0.25) is 5.91 Å². The maximum absolute atomic E-state index is 13.7. The molecular formula is C26H31N3O2S2. The number of carbonyl (C=O) groups is 1. The Morgan fingerprint density at radius 2 is 2.00 bits per heavy atom. The Morgan fingerprint density at radius 1 is 1.18 bits per heavy atom. The summed E-state index contributed by atoms with van der Waals surface area (Å²) in [4.78, 5) is 35.7. The molecule has 5 rings (SSSR count). The predicted molar refractivity (Wildman–Crippen MR) is 136 cm³/mol. The normalized spacial score (nSPS) is 18.5. The standard InChI is InChI=1S/C26H31N3O2S2/c1-18-8-7-14-28(16-18)22(30)17-32-26-27-24-23(20-11-5-6-12-21(20)33-24)25(31)29(26)15-13-19-9-3-2-4-10-19/h2-4,9-10,18H,5-8,11-17H2,1H3/t18-/m0/s1. The van der Waals surface area contributed by atoms with Crippen molar-refractivity contribution in [1.82, 2.24) is 14.5 Å². The molecule has 2 aliphatic rings. The second-order valence-electron chi connectivity index (χ2n) is 9.35. The number of hydrogen-bond donors (Lipinski definition) is 0. The van der Waals surface area contributed by atoms with Gasteiger partial charge in [-0.25, -0.2) is 4.98 Å². The number of likely N-dealkylation sites (tertiary alicyclic amines) is 1. The van der Waals surface area contributed by atoms with E-state index in [0.29, 0.717) is 23.4 Å². The molecule has 1 saturated heterocycles. The van der Waals surface area contributed by atoms with Crippen molar-refractivity contribution in [2.45, 2.75) is 63.6 Å². The number of carbonyl (C=O) groups excluding carboxylic acids is 1. The highest BCUT2D eigenvalue weighted by molar-refractivity contribution is 7.99. The van der Waals surface area contributed by atoms with Gasteiger partial charge in [-0.05, 0) is 62.0 Å². The molecule has 7 heteroatoms. The third-order valence-electron chi connectivity index (χ3n) is 6.84. The number of hydrogen-bond acceptors (Lipinski definition) is 5. The van der Waals surface area contributed by atoms with Gasteiger partial charge in [-0.3, -0.25) is 14.2 Å². The lowest BCUT2D eigenvalue weighted by Crippen LogP contribution is -2.40. The average molecular weight is 482 g/mol. The molecule has 0 saturated carbocycles. The lowest BCUT2D eigenvalue weighted by Gasteiger charge is -2.30. The zero-order chi connectivity index (χ0) is 22.8. The third kappa shape index (κ3) is 4.90. The number of piperidine rings is 1. The highest BCUT2D eigenvalue weighted by atomic mass is 32.2. The van der Waals surface area contributed by atoms with Crippen molar-refractivity contribution in [3.8, 4) is 0 Å². The molecule has 0 unspecified atom stereocenters. The summed E-state index contributed by atoms with van der Waals surface area (Å²) in [6, 6.07) is 10.3. The molecule has 33 heavy (non-hydrogen) atoms. The fourth-order valence-electron chi connectivity index (χ4n) is 5.05. The van der Waals surface area contributed by atoms with Crippen LogP contribution in [0.3, 0.4) is 0 Å². The molecule has 1 aliphatic carbocycles. The smallest absolute Gasteiger partial charge is 0.263 e. The molecule has 2 aromatic heterocycles. The van der Waals surface area contributed by atoms with Crippen LogP contribution in [0.25, 0.3) is 10.2 Å². The van der Waals surface area contributed by atoms with Gasteiger partial charge in [0.15, 0.2) is 5.16 Å². The number of benzene rings is 1. The summed E-state index contributed by atoms with van der Waals surface area (Å²) < 4.78 is 1.83. The molecule has 5 nitrogen and oxygen atoms in total. The first-order valence-electron chi connectivity index (χ1n) is 12.1. The van der Waals surface area contributed by atoms with Crippen molar-refractivity contribution in [2.75, 3.05) is 18.8 Å². The van der Waals surface area contributed by atoms with Gasteiger partial charge in [-0.1, -0.05) is 49.0 Å². The van der Waals surface area contributed by atoms with E-state index in [2.05, 4.69) is 19.1 Å². The van der Waals surface area contributed by atoms with Gasteiger partial charge < -0.3 is 4.90 Å². The molecule has 1 aliphatic heterocycles. The first kappa shape index (κ1) is 22.7. The molecule has 1 fully saturated rings. The third-order valence-corrected chi connectivity index (χ3v) is 8.99. The number of amides is 1. The number of aryl methyl sites for hydroxylation is 3. The summed E-state index contributed by atoms with van der Waals surface area (Å²) in [5, 5.41) is 1.50. The van der Waals surface area contributed by atoms with Crippen LogP contribution in [0.1, 0.15) is 48.6 Å². The van der Waals surface area contributed by atoms with Crippen molar-refractivity contribution >= 4 is 39.2 Å². The Morgan fingerprint density at radius 3 is 2.82 bits per heavy atom. The Balaban J connectivity index is 1.44. The summed E-state index contributed by atoms with van der Waals surface area (Å²) in [5.41, 5.74) is 2.49. The summed E-state index contributed by atoms with van der Waals surface area (Å²) in [7, 11) is 0. The summed E-state index contributed by atoms with van der Waals surface area (Å²) in [6.45, 7) is 4.47. The minimum absolute atomic E-state index is 0.0666. The second-order valence-corrected chi connectivity index (χ2v) is 11.4. The fraction of sp³-hybridized carbons (Fsp3) is 0.500. The first-order valence-corrected chi connectivity index (χ1v) is 13.9. The lowest BCUT2D eigenvalue weighted by molar-refractivity contribution is -0.130. The minimum Gasteiger partial charge on any atom is -0.342 e. The van der Waals surface area contributed by atoms with Crippen molar-refractivity contribution < 1.29 is 4.79 Å². The van der Waals surface area contributed by atoms with Crippen LogP contribution in [0.2, 0.25) is 0 Å². The number of thioether (sulfide) groups is 1. The van der Waals surface area contributed by atoms with Crippen molar-refractivity contribution in [3.05, 3.63) is 56.7 Å². The highest BCUT2D eigenvalue weighted by Gasteiger charge is 2.24.